The molecule has 0 bridgehead atoms. The van der Waals surface area contributed by atoms with Crippen molar-refractivity contribution in [2.45, 2.75) is 50.2 Å². The summed E-state index contributed by atoms with van der Waals surface area (Å²) in [5.41, 5.74) is 1.95. The van der Waals surface area contributed by atoms with Crippen LogP contribution in [-0.2, 0) is 29.4 Å². The zero-order valence-corrected chi connectivity index (χ0v) is 14.3. The number of hydrogen-bond donors (Lipinski definition) is 0. The van der Waals surface area contributed by atoms with Crippen molar-refractivity contribution in [3.05, 3.63) is 41.3 Å². The van der Waals surface area contributed by atoms with Gasteiger partial charge in [-0.15, -0.1) is 0 Å². The number of imidazole rings is 1. The molecular formula is C17H18N4O2S. The summed E-state index contributed by atoms with van der Waals surface area (Å²) in [6, 6.07) is 7.17. The summed E-state index contributed by atoms with van der Waals surface area (Å²) in [5.74, 6) is 0.845. The molecule has 6 nitrogen and oxygen atoms in total. The summed E-state index contributed by atoms with van der Waals surface area (Å²) in [6.45, 7) is 2.69. The van der Waals surface area contributed by atoms with Crippen molar-refractivity contribution in [2.24, 2.45) is 0 Å². The van der Waals surface area contributed by atoms with Crippen LogP contribution in [0.5, 0.6) is 0 Å². The van der Waals surface area contributed by atoms with Crippen molar-refractivity contribution >= 4 is 15.7 Å². The van der Waals surface area contributed by atoms with E-state index in [-0.39, 0.29) is 11.1 Å². The zero-order valence-electron chi connectivity index (χ0n) is 13.4. The van der Waals surface area contributed by atoms with Crippen molar-refractivity contribution in [1.29, 1.82) is 5.26 Å². The molecular weight excluding hydrogens is 324 g/mol. The van der Waals surface area contributed by atoms with Gasteiger partial charge in [-0.25, -0.2) is 4.98 Å². The molecule has 2 aromatic rings. The summed E-state index contributed by atoms with van der Waals surface area (Å²) >= 11 is 0. The van der Waals surface area contributed by atoms with Crippen LogP contribution in [0, 0.1) is 11.3 Å². The monoisotopic (exact) mass is 342 g/mol. The molecule has 1 aromatic carbocycles. The van der Waals surface area contributed by atoms with Crippen LogP contribution in [0.15, 0.2) is 29.4 Å². The summed E-state index contributed by atoms with van der Waals surface area (Å²) in [4.78, 5) is 4.39. The van der Waals surface area contributed by atoms with E-state index in [2.05, 4.69) is 11.1 Å². The van der Waals surface area contributed by atoms with Crippen molar-refractivity contribution in [2.75, 3.05) is 4.31 Å². The summed E-state index contributed by atoms with van der Waals surface area (Å²) in [7, 11) is -3.73. The Bertz CT molecular complexity index is 932. The van der Waals surface area contributed by atoms with Gasteiger partial charge in [0.15, 0.2) is 5.03 Å². The minimum Gasteiger partial charge on any atom is -0.333 e. The third kappa shape index (κ3) is 2.13. The van der Waals surface area contributed by atoms with E-state index >= 15 is 0 Å². The quantitative estimate of drug-likeness (QED) is 0.838. The standard InChI is InChI=1S/C17H18N4O2S/c1-12-9-14-13(10-18)5-4-6-15(14)21(12)24(22,23)17-11-20-8-3-2-7-16(20)19-17/h4-6,11-12H,2-3,7-9H2,1H3. The second kappa shape index (κ2) is 5.35. The van der Waals surface area contributed by atoms with Gasteiger partial charge in [-0.2, -0.15) is 13.7 Å². The fourth-order valence-corrected chi connectivity index (χ4v) is 5.36. The number of nitriles is 1. The first-order chi connectivity index (χ1) is 11.5. The van der Waals surface area contributed by atoms with Crippen LogP contribution < -0.4 is 4.31 Å². The predicted octanol–water partition coefficient (Wildman–Crippen LogP) is 2.23. The van der Waals surface area contributed by atoms with E-state index in [1.165, 1.54) is 4.31 Å². The lowest BCUT2D eigenvalue weighted by molar-refractivity contribution is 0.522. The Morgan fingerprint density at radius 2 is 2.17 bits per heavy atom. The van der Waals surface area contributed by atoms with Gasteiger partial charge in [0.05, 0.1) is 17.3 Å². The molecule has 24 heavy (non-hydrogen) atoms. The zero-order chi connectivity index (χ0) is 16.9. The number of aryl methyl sites for hydroxylation is 2. The number of nitrogens with zero attached hydrogens (tertiary/aromatic N) is 4. The second-order valence-corrected chi connectivity index (χ2v) is 8.18. The molecule has 4 rings (SSSR count). The largest absolute Gasteiger partial charge is 0.333 e. The van der Waals surface area contributed by atoms with Gasteiger partial charge in [-0.3, -0.25) is 4.31 Å². The fraction of sp³-hybridized carbons (Fsp3) is 0.412. The Hall–Kier alpha value is -2.33. The summed E-state index contributed by atoms with van der Waals surface area (Å²) in [5, 5.41) is 9.38. The van der Waals surface area contributed by atoms with Gasteiger partial charge >= 0.3 is 0 Å². The first-order valence-corrected chi connectivity index (χ1v) is 9.59. The Morgan fingerprint density at radius 1 is 1.33 bits per heavy atom. The van der Waals surface area contributed by atoms with Gasteiger partial charge in [-0.05, 0) is 43.9 Å². The molecule has 0 aliphatic carbocycles. The average Bonchev–Trinajstić information content (AvgIpc) is 3.15. The Balaban J connectivity index is 1.81. The van der Waals surface area contributed by atoms with Crippen molar-refractivity contribution in [3.8, 4) is 6.07 Å². The average molecular weight is 342 g/mol. The second-order valence-electron chi connectivity index (χ2n) is 6.41. The molecule has 1 atom stereocenters. The summed E-state index contributed by atoms with van der Waals surface area (Å²) < 4.78 is 29.8. The van der Waals surface area contributed by atoms with Crippen molar-refractivity contribution in [3.63, 3.8) is 0 Å². The van der Waals surface area contributed by atoms with Crippen LogP contribution in [-0.4, -0.2) is 24.0 Å². The minimum atomic E-state index is -3.73. The number of benzene rings is 1. The smallest absolute Gasteiger partial charge is 0.283 e. The van der Waals surface area contributed by atoms with Crippen LogP contribution in [0.25, 0.3) is 0 Å². The highest BCUT2D eigenvalue weighted by molar-refractivity contribution is 7.92. The van der Waals surface area contributed by atoms with E-state index in [9.17, 15) is 13.7 Å². The first-order valence-electron chi connectivity index (χ1n) is 8.15. The van der Waals surface area contributed by atoms with E-state index in [1.807, 2.05) is 11.5 Å². The van der Waals surface area contributed by atoms with Gasteiger partial charge in [0, 0.05) is 25.2 Å². The molecule has 2 aliphatic rings. The van der Waals surface area contributed by atoms with E-state index < -0.39 is 10.0 Å². The Kier molecular flexibility index (Phi) is 3.39. The van der Waals surface area contributed by atoms with E-state index in [4.69, 9.17) is 0 Å². The van der Waals surface area contributed by atoms with Crippen molar-refractivity contribution < 1.29 is 8.42 Å². The molecule has 3 heterocycles. The summed E-state index contributed by atoms with van der Waals surface area (Å²) in [6.07, 6.45) is 5.12. The molecule has 2 aliphatic heterocycles. The van der Waals surface area contributed by atoms with Gasteiger partial charge < -0.3 is 4.57 Å². The first kappa shape index (κ1) is 15.2. The predicted molar refractivity (Wildman–Crippen MR) is 89.2 cm³/mol. The lowest BCUT2D eigenvalue weighted by Crippen LogP contribution is -2.35. The maximum atomic E-state index is 13.2. The number of fused-ring (bicyclic) bond motifs is 2. The molecule has 1 aromatic heterocycles. The molecule has 0 fully saturated rings. The molecule has 0 radical (unpaired) electrons. The van der Waals surface area contributed by atoms with E-state index in [0.717, 1.165) is 37.2 Å². The third-order valence-corrected chi connectivity index (χ3v) is 6.62. The number of aromatic nitrogens is 2. The minimum absolute atomic E-state index is 0.112. The number of sulfonamides is 1. The molecule has 0 amide bonds. The van der Waals surface area contributed by atoms with Crippen LogP contribution in [0.3, 0.4) is 0 Å². The number of hydrogen-bond acceptors (Lipinski definition) is 4. The van der Waals surface area contributed by atoms with Crippen LogP contribution in [0.2, 0.25) is 0 Å². The maximum Gasteiger partial charge on any atom is 0.283 e. The Labute approximate surface area is 141 Å². The molecule has 7 heteroatoms. The van der Waals surface area contributed by atoms with Crippen LogP contribution >= 0.6 is 0 Å². The fourth-order valence-electron chi connectivity index (χ4n) is 3.69. The maximum absolute atomic E-state index is 13.2. The van der Waals surface area contributed by atoms with Gasteiger partial charge in [0.25, 0.3) is 10.0 Å². The van der Waals surface area contributed by atoms with Crippen LogP contribution in [0.4, 0.5) is 5.69 Å². The van der Waals surface area contributed by atoms with Gasteiger partial charge in [0.2, 0.25) is 0 Å². The molecule has 0 saturated heterocycles. The SMILES string of the molecule is CC1Cc2c(C#N)cccc2N1S(=O)(=O)c1cn2c(n1)CCCC2. The molecule has 1 unspecified atom stereocenters. The number of rotatable bonds is 2. The van der Waals surface area contributed by atoms with Gasteiger partial charge in [0.1, 0.15) is 5.82 Å². The lowest BCUT2D eigenvalue weighted by atomic mass is 10.0. The van der Waals surface area contributed by atoms with E-state index in [0.29, 0.717) is 17.7 Å². The lowest BCUT2D eigenvalue weighted by Gasteiger charge is -2.23. The third-order valence-electron chi connectivity index (χ3n) is 4.82. The highest BCUT2D eigenvalue weighted by Crippen LogP contribution is 2.38. The highest BCUT2D eigenvalue weighted by atomic mass is 32.2. The normalized spacial score (nSPS) is 19.7. The molecule has 0 N–H and O–H groups in total. The topological polar surface area (TPSA) is 79.0 Å². The highest BCUT2D eigenvalue weighted by Gasteiger charge is 2.38. The van der Waals surface area contributed by atoms with E-state index in [1.54, 1.807) is 24.4 Å². The van der Waals surface area contributed by atoms with Gasteiger partial charge in [-0.1, -0.05) is 6.07 Å². The molecule has 0 spiro atoms. The van der Waals surface area contributed by atoms with Crippen LogP contribution in [0.1, 0.15) is 36.7 Å². The molecule has 0 saturated carbocycles. The van der Waals surface area contributed by atoms with Crippen molar-refractivity contribution in [1.82, 2.24) is 9.55 Å². The Morgan fingerprint density at radius 3 is 2.92 bits per heavy atom. The number of anilines is 1. The molecule has 124 valence electrons.